The van der Waals surface area contributed by atoms with Crippen molar-refractivity contribution in [3.8, 4) is 0 Å². The summed E-state index contributed by atoms with van der Waals surface area (Å²) in [6, 6.07) is 5.86. The van der Waals surface area contributed by atoms with Gasteiger partial charge in [0.2, 0.25) is 0 Å². The molecule has 0 saturated carbocycles. The lowest BCUT2D eigenvalue weighted by atomic mass is 10.1. The van der Waals surface area contributed by atoms with E-state index >= 15 is 0 Å². The number of carbonyl (C=O) groups excluding carboxylic acids is 1. The van der Waals surface area contributed by atoms with Crippen LogP contribution in [-0.2, 0) is 11.3 Å². The lowest BCUT2D eigenvalue weighted by molar-refractivity contribution is 0.0240. The Labute approximate surface area is 147 Å². The molecular formula is C16H23N5O2S. The Hall–Kier alpha value is -2.05. The zero-order chi connectivity index (χ0) is 17.7. The molecule has 0 aliphatic carbocycles. The van der Waals surface area contributed by atoms with Crippen LogP contribution in [0.1, 0.15) is 26.3 Å². The molecule has 0 radical (unpaired) electrons. The van der Waals surface area contributed by atoms with Gasteiger partial charge in [-0.1, -0.05) is 5.11 Å². The molecule has 1 fully saturated rings. The lowest BCUT2D eigenvalue weighted by Crippen LogP contribution is -2.50. The zero-order valence-corrected chi connectivity index (χ0v) is 15.2. The van der Waals surface area contributed by atoms with Gasteiger partial charge in [-0.3, -0.25) is 0 Å². The van der Waals surface area contributed by atoms with Crippen LogP contribution in [0.3, 0.4) is 0 Å². The maximum atomic E-state index is 12.1. The summed E-state index contributed by atoms with van der Waals surface area (Å²) < 4.78 is 5.41. The quantitative estimate of drug-likeness (QED) is 0.389. The van der Waals surface area contributed by atoms with Gasteiger partial charge in [0.15, 0.2) is 0 Å². The van der Waals surface area contributed by atoms with E-state index in [1.807, 2.05) is 39.0 Å². The lowest BCUT2D eigenvalue weighted by Gasteiger charge is -2.37. The highest BCUT2D eigenvalue weighted by molar-refractivity contribution is 7.80. The van der Waals surface area contributed by atoms with E-state index in [-0.39, 0.29) is 6.09 Å². The van der Waals surface area contributed by atoms with Gasteiger partial charge in [0.1, 0.15) is 5.60 Å². The van der Waals surface area contributed by atoms with Crippen molar-refractivity contribution in [2.24, 2.45) is 5.11 Å². The number of ether oxygens (including phenoxy) is 1. The third-order valence-electron chi connectivity index (χ3n) is 3.58. The van der Waals surface area contributed by atoms with Gasteiger partial charge in [-0.15, -0.1) is 12.6 Å². The molecule has 130 valence electrons. The summed E-state index contributed by atoms with van der Waals surface area (Å²) in [6.45, 7) is 8.55. The summed E-state index contributed by atoms with van der Waals surface area (Å²) in [7, 11) is 0. The Kier molecular flexibility index (Phi) is 5.85. The van der Waals surface area contributed by atoms with Crippen molar-refractivity contribution in [1.29, 1.82) is 0 Å². The molecule has 1 aromatic carbocycles. The molecular weight excluding hydrogens is 326 g/mol. The standard InChI is InChI=1S/C16H23N5O2S/c1-16(2,3)23-15(22)21-6-4-20(5-7-21)13-8-12(11-18-19-17)9-14(24)10-13/h8-10,24H,4-7,11H2,1-3H3. The summed E-state index contributed by atoms with van der Waals surface area (Å²) in [4.78, 5) is 19.6. The van der Waals surface area contributed by atoms with E-state index < -0.39 is 5.60 Å². The van der Waals surface area contributed by atoms with Crippen molar-refractivity contribution in [3.63, 3.8) is 0 Å². The molecule has 1 heterocycles. The minimum Gasteiger partial charge on any atom is -0.444 e. The van der Waals surface area contributed by atoms with Gasteiger partial charge >= 0.3 is 6.09 Å². The van der Waals surface area contributed by atoms with E-state index in [9.17, 15) is 4.79 Å². The molecule has 2 rings (SSSR count). The number of thiol groups is 1. The Balaban J connectivity index is 2.00. The first-order valence-corrected chi connectivity index (χ1v) is 8.30. The minimum atomic E-state index is -0.481. The molecule has 0 atom stereocenters. The smallest absolute Gasteiger partial charge is 0.410 e. The highest BCUT2D eigenvalue weighted by Gasteiger charge is 2.26. The van der Waals surface area contributed by atoms with Crippen molar-refractivity contribution in [2.45, 2.75) is 37.8 Å². The topological polar surface area (TPSA) is 81.5 Å². The fourth-order valence-electron chi connectivity index (χ4n) is 2.52. The maximum Gasteiger partial charge on any atom is 0.410 e. The van der Waals surface area contributed by atoms with Crippen molar-refractivity contribution >= 4 is 24.4 Å². The molecule has 24 heavy (non-hydrogen) atoms. The molecule has 1 aromatic rings. The van der Waals surface area contributed by atoms with Gasteiger partial charge in [0.05, 0.1) is 6.54 Å². The van der Waals surface area contributed by atoms with E-state index in [4.69, 9.17) is 10.3 Å². The second-order valence-corrected chi connectivity index (χ2v) is 7.22. The number of rotatable bonds is 3. The fraction of sp³-hybridized carbons (Fsp3) is 0.562. The van der Waals surface area contributed by atoms with Crippen LogP contribution in [0.15, 0.2) is 28.2 Å². The van der Waals surface area contributed by atoms with E-state index in [1.54, 1.807) is 4.90 Å². The molecule has 0 N–H and O–H groups in total. The van der Waals surface area contributed by atoms with Crippen LogP contribution >= 0.6 is 12.6 Å². The summed E-state index contributed by atoms with van der Waals surface area (Å²) >= 11 is 4.42. The molecule has 8 heteroatoms. The van der Waals surface area contributed by atoms with Crippen molar-refractivity contribution in [3.05, 3.63) is 34.2 Å². The van der Waals surface area contributed by atoms with Crippen molar-refractivity contribution in [1.82, 2.24) is 4.90 Å². The van der Waals surface area contributed by atoms with Crippen molar-refractivity contribution < 1.29 is 9.53 Å². The van der Waals surface area contributed by atoms with Crippen molar-refractivity contribution in [2.75, 3.05) is 31.1 Å². The fourth-order valence-corrected chi connectivity index (χ4v) is 2.82. The molecule has 0 spiro atoms. The molecule has 0 unspecified atom stereocenters. The highest BCUT2D eigenvalue weighted by atomic mass is 32.1. The first-order valence-electron chi connectivity index (χ1n) is 7.85. The van der Waals surface area contributed by atoms with Gasteiger partial charge in [0, 0.05) is 41.7 Å². The number of nitrogens with zero attached hydrogens (tertiary/aromatic N) is 5. The zero-order valence-electron chi connectivity index (χ0n) is 14.3. The average molecular weight is 349 g/mol. The largest absolute Gasteiger partial charge is 0.444 e. The number of azide groups is 1. The number of hydrogen-bond donors (Lipinski definition) is 1. The molecule has 1 aliphatic rings. The average Bonchev–Trinajstić information content (AvgIpc) is 2.51. The number of carbonyl (C=O) groups is 1. The second kappa shape index (κ2) is 7.68. The Morgan fingerprint density at radius 3 is 2.54 bits per heavy atom. The summed E-state index contributed by atoms with van der Waals surface area (Å²) in [5, 5.41) is 3.60. The van der Waals surface area contributed by atoms with Crippen LogP contribution in [0.2, 0.25) is 0 Å². The molecule has 0 bridgehead atoms. The van der Waals surface area contributed by atoms with Crippen LogP contribution < -0.4 is 4.90 Å². The molecule has 1 aliphatic heterocycles. The van der Waals surface area contributed by atoms with E-state index in [0.717, 1.165) is 29.2 Å². The number of anilines is 1. The molecule has 0 aromatic heterocycles. The molecule has 1 amide bonds. The highest BCUT2D eigenvalue weighted by Crippen LogP contribution is 2.24. The van der Waals surface area contributed by atoms with Crippen LogP contribution in [0, 0.1) is 0 Å². The number of benzene rings is 1. The third-order valence-corrected chi connectivity index (χ3v) is 3.83. The van der Waals surface area contributed by atoms with Crippen LogP contribution in [-0.4, -0.2) is 42.8 Å². The van der Waals surface area contributed by atoms with Gasteiger partial charge < -0.3 is 14.5 Å². The SMILES string of the molecule is CC(C)(C)OC(=O)N1CCN(c2cc(S)cc(CN=[N+]=[N-])c2)CC1. The van der Waals surface area contributed by atoms with E-state index in [2.05, 4.69) is 27.6 Å². The van der Waals surface area contributed by atoms with Gasteiger partial charge in [-0.05, 0) is 50.1 Å². The number of hydrogen-bond acceptors (Lipinski definition) is 5. The van der Waals surface area contributed by atoms with Crippen LogP contribution in [0.25, 0.3) is 10.4 Å². The Morgan fingerprint density at radius 1 is 1.29 bits per heavy atom. The Morgan fingerprint density at radius 2 is 1.96 bits per heavy atom. The van der Waals surface area contributed by atoms with Crippen LogP contribution in [0.5, 0.6) is 0 Å². The Bertz CT molecular complexity index is 644. The third kappa shape index (κ3) is 5.25. The molecule has 1 saturated heterocycles. The normalized spacial score (nSPS) is 15.0. The van der Waals surface area contributed by atoms with Gasteiger partial charge in [-0.2, -0.15) is 0 Å². The second-order valence-electron chi connectivity index (χ2n) is 6.70. The minimum absolute atomic E-state index is 0.269. The van der Waals surface area contributed by atoms with E-state index in [0.29, 0.717) is 19.6 Å². The van der Waals surface area contributed by atoms with Gasteiger partial charge in [0.25, 0.3) is 0 Å². The summed E-state index contributed by atoms with van der Waals surface area (Å²) in [6.07, 6.45) is -0.269. The monoisotopic (exact) mass is 349 g/mol. The number of piperazine rings is 1. The number of amides is 1. The summed E-state index contributed by atoms with van der Waals surface area (Å²) in [5.41, 5.74) is 9.92. The predicted molar refractivity (Wildman–Crippen MR) is 96.6 cm³/mol. The first kappa shape index (κ1) is 18.3. The van der Waals surface area contributed by atoms with Crippen LogP contribution in [0.4, 0.5) is 10.5 Å². The molecule has 7 nitrogen and oxygen atoms in total. The van der Waals surface area contributed by atoms with Gasteiger partial charge in [-0.25, -0.2) is 4.79 Å². The summed E-state index contributed by atoms with van der Waals surface area (Å²) in [5.74, 6) is 0. The first-order chi connectivity index (χ1) is 11.3. The maximum absolute atomic E-state index is 12.1. The predicted octanol–water partition coefficient (Wildman–Crippen LogP) is 3.84. The van der Waals surface area contributed by atoms with E-state index in [1.165, 1.54) is 0 Å².